The molecule has 1 amide bonds. The second-order valence-corrected chi connectivity index (χ2v) is 9.52. The second kappa shape index (κ2) is 11.3. The zero-order chi connectivity index (χ0) is 27.4. The number of fused-ring (bicyclic) bond motifs is 1. The van der Waals surface area contributed by atoms with Crippen molar-refractivity contribution in [3.05, 3.63) is 125 Å². The van der Waals surface area contributed by atoms with Gasteiger partial charge in [0.25, 0.3) is 5.91 Å². The summed E-state index contributed by atoms with van der Waals surface area (Å²) in [6.45, 7) is 1.10. The number of amides is 1. The van der Waals surface area contributed by atoms with Gasteiger partial charge in [-0.25, -0.2) is 9.38 Å². The quantitative estimate of drug-likeness (QED) is 0.233. The first-order valence-corrected chi connectivity index (χ1v) is 12.5. The fourth-order valence-electron chi connectivity index (χ4n) is 4.45. The first-order valence-electron chi connectivity index (χ1n) is 12.5. The van der Waals surface area contributed by atoms with Crippen molar-refractivity contribution in [3.8, 4) is 5.88 Å². The van der Waals surface area contributed by atoms with Crippen molar-refractivity contribution >= 4 is 28.2 Å². The van der Waals surface area contributed by atoms with Crippen LogP contribution in [0.3, 0.4) is 0 Å². The van der Waals surface area contributed by atoms with Gasteiger partial charge >= 0.3 is 0 Å². The Balaban J connectivity index is 1.53. The number of carbonyl (C=O) groups is 1. The largest absolute Gasteiger partial charge is 0.494 e. The van der Waals surface area contributed by atoms with E-state index >= 15 is 0 Å². The third-order valence-corrected chi connectivity index (χ3v) is 6.25. The number of hydrogen-bond acceptors (Lipinski definition) is 5. The van der Waals surface area contributed by atoms with Gasteiger partial charge in [-0.05, 0) is 73.8 Å². The van der Waals surface area contributed by atoms with Gasteiger partial charge in [-0.15, -0.1) is 0 Å². The SMILES string of the molecule is CN(C)Cc1ccc(N=C(c2cccc(CNC(=O)c3ccncc3)c2)c2c(O)[nH]c3cc(F)ccc23)cc1. The zero-order valence-corrected chi connectivity index (χ0v) is 21.6. The van der Waals surface area contributed by atoms with Crippen molar-refractivity contribution < 1.29 is 14.3 Å². The molecule has 5 rings (SSSR count). The Hall–Kier alpha value is -4.82. The fraction of sp³-hybridized carbons (Fsp3) is 0.129. The maximum atomic E-state index is 13.9. The number of benzene rings is 3. The topological polar surface area (TPSA) is 93.6 Å². The average Bonchev–Trinajstić information content (AvgIpc) is 3.26. The summed E-state index contributed by atoms with van der Waals surface area (Å²) >= 11 is 0. The fourth-order valence-corrected chi connectivity index (χ4v) is 4.45. The van der Waals surface area contributed by atoms with E-state index in [9.17, 15) is 14.3 Å². The highest BCUT2D eigenvalue weighted by Gasteiger charge is 2.19. The monoisotopic (exact) mass is 521 g/mol. The number of halogens is 1. The normalized spacial score (nSPS) is 11.7. The van der Waals surface area contributed by atoms with Gasteiger partial charge in [0.2, 0.25) is 0 Å². The van der Waals surface area contributed by atoms with Gasteiger partial charge in [0, 0.05) is 42.0 Å². The maximum Gasteiger partial charge on any atom is 0.251 e. The van der Waals surface area contributed by atoms with E-state index in [0.29, 0.717) is 40.0 Å². The molecule has 0 aliphatic carbocycles. The summed E-state index contributed by atoms with van der Waals surface area (Å²) in [5.74, 6) is -0.710. The van der Waals surface area contributed by atoms with Crippen LogP contribution in [-0.2, 0) is 13.1 Å². The van der Waals surface area contributed by atoms with Crippen LogP contribution in [0.1, 0.15) is 32.6 Å². The molecule has 2 heterocycles. The molecule has 0 aliphatic heterocycles. The Morgan fingerprint density at radius 3 is 2.49 bits per heavy atom. The van der Waals surface area contributed by atoms with Gasteiger partial charge in [0.05, 0.1) is 22.5 Å². The smallest absolute Gasteiger partial charge is 0.251 e. The van der Waals surface area contributed by atoms with Crippen molar-refractivity contribution in [2.45, 2.75) is 13.1 Å². The van der Waals surface area contributed by atoms with Crippen molar-refractivity contribution in [1.29, 1.82) is 0 Å². The minimum Gasteiger partial charge on any atom is -0.494 e. The minimum atomic E-state index is -0.405. The highest BCUT2D eigenvalue weighted by molar-refractivity contribution is 6.22. The molecule has 196 valence electrons. The van der Waals surface area contributed by atoms with E-state index in [0.717, 1.165) is 23.2 Å². The molecule has 2 aromatic heterocycles. The molecular formula is C31H28FN5O2. The molecule has 39 heavy (non-hydrogen) atoms. The number of aromatic hydroxyl groups is 1. The van der Waals surface area contributed by atoms with Crippen LogP contribution in [0.2, 0.25) is 0 Å². The van der Waals surface area contributed by atoms with E-state index in [1.807, 2.05) is 62.6 Å². The standard InChI is InChI=1S/C31H28FN5O2/c1-37(2)19-20-6-9-25(10-7-20)35-29(28-26-11-8-24(32)17-27(26)36-31(28)39)23-5-3-4-21(16-23)18-34-30(38)22-12-14-33-15-13-22/h3-17,36,39H,18-19H2,1-2H3,(H,34,38). The Bertz CT molecular complexity index is 1640. The van der Waals surface area contributed by atoms with E-state index in [1.54, 1.807) is 30.6 Å². The van der Waals surface area contributed by atoms with Crippen molar-refractivity contribution in [2.24, 2.45) is 4.99 Å². The first-order chi connectivity index (χ1) is 18.9. The third kappa shape index (κ3) is 6.02. The van der Waals surface area contributed by atoms with Gasteiger partial charge in [0.15, 0.2) is 5.88 Å². The summed E-state index contributed by atoms with van der Waals surface area (Å²) in [7, 11) is 4.03. The lowest BCUT2D eigenvalue weighted by Crippen LogP contribution is -2.22. The van der Waals surface area contributed by atoms with Crippen molar-refractivity contribution in [2.75, 3.05) is 14.1 Å². The Labute approximate surface area is 225 Å². The van der Waals surface area contributed by atoms with Crippen LogP contribution in [0.4, 0.5) is 10.1 Å². The number of aromatic nitrogens is 2. The van der Waals surface area contributed by atoms with Gasteiger partial charge in [0.1, 0.15) is 5.82 Å². The Morgan fingerprint density at radius 2 is 1.74 bits per heavy atom. The number of hydrogen-bond donors (Lipinski definition) is 3. The number of aromatic amines is 1. The summed E-state index contributed by atoms with van der Waals surface area (Å²) < 4.78 is 13.9. The molecule has 8 heteroatoms. The Kier molecular flexibility index (Phi) is 7.47. The van der Waals surface area contributed by atoms with Crippen LogP contribution in [0.25, 0.3) is 10.9 Å². The van der Waals surface area contributed by atoms with Gasteiger partial charge in [-0.2, -0.15) is 0 Å². The van der Waals surface area contributed by atoms with Crippen LogP contribution in [0.5, 0.6) is 5.88 Å². The average molecular weight is 522 g/mol. The highest BCUT2D eigenvalue weighted by Crippen LogP contribution is 2.32. The molecule has 0 fully saturated rings. The molecule has 0 unspecified atom stereocenters. The number of nitrogens with zero attached hydrogens (tertiary/aromatic N) is 3. The number of nitrogens with one attached hydrogen (secondary N) is 2. The molecule has 5 aromatic rings. The molecule has 0 bridgehead atoms. The van der Waals surface area contributed by atoms with Crippen LogP contribution < -0.4 is 5.32 Å². The minimum absolute atomic E-state index is 0.102. The number of aliphatic imine (C=N–C) groups is 1. The lowest BCUT2D eigenvalue weighted by atomic mass is 9.99. The molecule has 3 aromatic carbocycles. The van der Waals surface area contributed by atoms with Gasteiger partial charge < -0.3 is 20.3 Å². The van der Waals surface area contributed by atoms with Crippen LogP contribution in [-0.4, -0.2) is 45.7 Å². The van der Waals surface area contributed by atoms with E-state index in [4.69, 9.17) is 4.99 Å². The van der Waals surface area contributed by atoms with E-state index < -0.39 is 5.82 Å². The number of pyridine rings is 1. The van der Waals surface area contributed by atoms with Crippen LogP contribution in [0, 0.1) is 5.82 Å². The van der Waals surface area contributed by atoms with Gasteiger partial charge in [-0.1, -0.05) is 30.3 Å². The zero-order valence-electron chi connectivity index (χ0n) is 21.6. The molecule has 0 radical (unpaired) electrons. The molecular weight excluding hydrogens is 493 g/mol. The van der Waals surface area contributed by atoms with Crippen LogP contribution in [0.15, 0.2) is 96.2 Å². The lowest BCUT2D eigenvalue weighted by molar-refractivity contribution is 0.0950. The van der Waals surface area contributed by atoms with Crippen molar-refractivity contribution in [3.63, 3.8) is 0 Å². The highest BCUT2D eigenvalue weighted by atomic mass is 19.1. The molecule has 7 nitrogen and oxygen atoms in total. The molecule has 3 N–H and O–H groups in total. The number of rotatable bonds is 8. The molecule has 0 saturated heterocycles. The summed E-state index contributed by atoms with van der Waals surface area (Å²) in [6, 6.07) is 23.2. The van der Waals surface area contributed by atoms with Crippen LogP contribution >= 0.6 is 0 Å². The summed E-state index contributed by atoms with van der Waals surface area (Å²) in [5, 5.41) is 14.5. The first kappa shape index (κ1) is 25.8. The van der Waals surface area contributed by atoms with Crippen molar-refractivity contribution in [1.82, 2.24) is 20.2 Å². The second-order valence-electron chi connectivity index (χ2n) is 9.52. The summed E-state index contributed by atoms with van der Waals surface area (Å²) in [4.78, 5) is 26.4. The maximum absolute atomic E-state index is 13.9. The predicted molar refractivity (Wildman–Crippen MR) is 151 cm³/mol. The van der Waals surface area contributed by atoms with E-state index in [2.05, 4.69) is 20.2 Å². The third-order valence-electron chi connectivity index (χ3n) is 6.25. The predicted octanol–water partition coefficient (Wildman–Crippen LogP) is 5.57. The molecule has 0 saturated carbocycles. The van der Waals surface area contributed by atoms with E-state index in [-0.39, 0.29) is 11.8 Å². The lowest BCUT2D eigenvalue weighted by Gasteiger charge is -2.12. The molecule has 0 atom stereocenters. The molecule has 0 spiro atoms. The summed E-state index contributed by atoms with van der Waals surface area (Å²) in [6.07, 6.45) is 3.15. The summed E-state index contributed by atoms with van der Waals surface area (Å²) in [5.41, 5.74) is 5.44. The number of H-pyrrole nitrogens is 1. The number of carbonyl (C=O) groups excluding carboxylic acids is 1. The Morgan fingerprint density at radius 1 is 0.974 bits per heavy atom. The molecule has 0 aliphatic rings. The van der Waals surface area contributed by atoms with Gasteiger partial charge in [-0.3, -0.25) is 9.78 Å². The van der Waals surface area contributed by atoms with E-state index in [1.165, 1.54) is 12.1 Å².